The average Bonchev–Trinajstić information content (AvgIpc) is 3.11. The summed E-state index contributed by atoms with van der Waals surface area (Å²) in [4.78, 5) is 0. The third-order valence-corrected chi connectivity index (χ3v) is 13.6. The molecule has 0 aliphatic heterocycles. The van der Waals surface area contributed by atoms with Crippen molar-refractivity contribution in [2.75, 3.05) is 19.4 Å². The second-order valence-corrected chi connectivity index (χ2v) is 16.4. The largest absolute Gasteiger partial charge is 0.353 e. The summed E-state index contributed by atoms with van der Waals surface area (Å²) >= 11 is 0. The molecule has 0 amide bonds. The van der Waals surface area contributed by atoms with Crippen LogP contribution in [-0.4, -0.2) is 25.7 Å². The van der Waals surface area contributed by atoms with Crippen LogP contribution in [-0.2, 0) is 9.47 Å². The van der Waals surface area contributed by atoms with Crippen molar-refractivity contribution in [1.82, 2.24) is 0 Å². The molecule has 3 aromatic rings. The van der Waals surface area contributed by atoms with Crippen LogP contribution in [0, 0.1) is 0 Å². The van der Waals surface area contributed by atoms with E-state index in [1.165, 1.54) is 99.1 Å². The topological polar surface area (TPSA) is 18.5 Å². The van der Waals surface area contributed by atoms with Crippen molar-refractivity contribution in [3.05, 3.63) is 103 Å². The monoisotopic (exact) mass is 643 g/mol. The van der Waals surface area contributed by atoms with Crippen LogP contribution in [0.5, 0.6) is 0 Å². The van der Waals surface area contributed by atoms with E-state index in [0.29, 0.717) is 0 Å². The van der Waals surface area contributed by atoms with Crippen molar-refractivity contribution in [2.45, 2.75) is 129 Å². The second-order valence-electron chi connectivity index (χ2n) is 12.8. The van der Waals surface area contributed by atoms with Gasteiger partial charge in [-0.2, -0.15) is 0 Å². The third kappa shape index (κ3) is 14.3. The molecule has 0 fully saturated rings. The van der Waals surface area contributed by atoms with Gasteiger partial charge in [-0.25, -0.2) is 0 Å². The van der Waals surface area contributed by atoms with Gasteiger partial charge in [-0.15, -0.1) is 0 Å². The van der Waals surface area contributed by atoms with Crippen LogP contribution in [0.1, 0.15) is 123 Å². The fourth-order valence-electron chi connectivity index (χ4n) is 6.37. The van der Waals surface area contributed by atoms with Crippen molar-refractivity contribution in [2.24, 2.45) is 0 Å². The number of rotatable bonds is 27. The molecule has 3 rings (SSSR count). The van der Waals surface area contributed by atoms with Gasteiger partial charge in [-0.05, 0) is 87.8 Å². The Balaban J connectivity index is 1.43. The Labute approximate surface area is 283 Å². The lowest BCUT2D eigenvalue weighted by atomic mass is 10.1. The summed E-state index contributed by atoms with van der Waals surface area (Å²) in [5.41, 5.74) is 0. The summed E-state index contributed by atoms with van der Waals surface area (Å²) in [6, 6.07) is 33.8. The summed E-state index contributed by atoms with van der Waals surface area (Å²) in [5, 5.41) is 4.45. The predicted octanol–water partition coefficient (Wildman–Crippen LogP) is 11.6. The number of unbranched alkanes of at least 4 members (excludes halogenated alkanes) is 12. The van der Waals surface area contributed by atoms with Gasteiger partial charge >= 0.3 is 0 Å². The Morgan fingerprint density at radius 1 is 0.478 bits per heavy atom. The summed E-state index contributed by atoms with van der Waals surface area (Å²) in [7, 11) is -1.72. The van der Waals surface area contributed by atoms with E-state index in [1.807, 2.05) is 0 Å². The minimum Gasteiger partial charge on any atom is -0.353 e. The predicted molar refractivity (Wildman–Crippen MR) is 205 cm³/mol. The molecule has 0 aliphatic rings. The summed E-state index contributed by atoms with van der Waals surface area (Å²) in [6.07, 6.45) is 27.0. The highest BCUT2D eigenvalue weighted by molar-refractivity contribution is 7.95. The van der Waals surface area contributed by atoms with Crippen LogP contribution in [0.2, 0.25) is 0 Å². The fourth-order valence-corrected chi connectivity index (χ4v) is 10.7. The molecule has 0 spiro atoms. The first-order chi connectivity index (χ1) is 22.8. The SMILES string of the molecule is CCCCCCCOC(CCCCCC=CCCC[P+](c1ccccc1)(c1ccccc1)c1ccccc1)OCCCCCCC. The molecule has 0 saturated carbocycles. The molecule has 0 heterocycles. The standard InChI is InChI=1S/C43H64O2P/c1-3-5-7-14-27-37-44-43(45-38-28-15-8-6-4-2)36-26-13-11-9-10-12-16-29-39-46(40-30-20-17-21-31-40,41-32-22-18-23-33-41)42-34-24-19-25-35-42/h10,12,17-25,30-35,43H,3-9,11,13-16,26-29,36-39H2,1-2H3/q+1. The van der Waals surface area contributed by atoms with E-state index >= 15 is 0 Å². The van der Waals surface area contributed by atoms with Gasteiger partial charge in [-0.1, -0.05) is 138 Å². The highest BCUT2D eigenvalue weighted by atomic mass is 31.2. The van der Waals surface area contributed by atoms with E-state index in [9.17, 15) is 0 Å². The number of benzene rings is 3. The Bertz CT molecular complexity index is 1020. The molecular formula is C43H64O2P+. The van der Waals surface area contributed by atoms with Gasteiger partial charge in [0.2, 0.25) is 0 Å². The Morgan fingerprint density at radius 2 is 0.891 bits per heavy atom. The van der Waals surface area contributed by atoms with Crippen molar-refractivity contribution in [1.29, 1.82) is 0 Å². The van der Waals surface area contributed by atoms with Crippen molar-refractivity contribution >= 4 is 23.2 Å². The van der Waals surface area contributed by atoms with Gasteiger partial charge in [0.1, 0.15) is 23.2 Å². The van der Waals surface area contributed by atoms with Crippen molar-refractivity contribution in [3.8, 4) is 0 Å². The zero-order valence-electron chi connectivity index (χ0n) is 29.3. The zero-order chi connectivity index (χ0) is 32.4. The molecule has 3 aromatic carbocycles. The Morgan fingerprint density at radius 3 is 1.35 bits per heavy atom. The molecule has 0 bridgehead atoms. The van der Waals surface area contributed by atoms with E-state index < -0.39 is 7.26 Å². The van der Waals surface area contributed by atoms with E-state index in [0.717, 1.165) is 45.3 Å². The fraction of sp³-hybridized carbons (Fsp3) is 0.535. The molecule has 0 N–H and O–H groups in total. The van der Waals surface area contributed by atoms with Gasteiger partial charge in [-0.3, -0.25) is 0 Å². The molecule has 252 valence electrons. The lowest BCUT2D eigenvalue weighted by molar-refractivity contribution is -0.148. The number of hydrogen-bond acceptors (Lipinski definition) is 2. The lowest BCUT2D eigenvalue weighted by Gasteiger charge is -2.27. The molecule has 0 aliphatic carbocycles. The first-order valence-corrected chi connectivity index (χ1v) is 20.7. The number of allylic oxidation sites excluding steroid dienone is 2. The molecule has 2 nitrogen and oxygen atoms in total. The van der Waals surface area contributed by atoms with E-state index in [-0.39, 0.29) is 6.29 Å². The molecule has 0 unspecified atom stereocenters. The van der Waals surface area contributed by atoms with Gasteiger partial charge in [0, 0.05) is 13.2 Å². The molecule has 0 saturated heterocycles. The van der Waals surface area contributed by atoms with Crippen LogP contribution < -0.4 is 15.9 Å². The molecule has 3 heteroatoms. The lowest BCUT2D eigenvalue weighted by Crippen LogP contribution is -2.33. The Hall–Kier alpha value is -2.25. The third-order valence-electron chi connectivity index (χ3n) is 9.04. The van der Waals surface area contributed by atoms with Gasteiger partial charge in [0.25, 0.3) is 0 Å². The van der Waals surface area contributed by atoms with Crippen LogP contribution in [0.15, 0.2) is 103 Å². The number of hydrogen-bond donors (Lipinski definition) is 0. The average molecular weight is 644 g/mol. The summed E-state index contributed by atoms with van der Waals surface area (Å²) in [5.74, 6) is 0. The molecule has 0 aromatic heterocycles. The smallest absolute Gasteiger partial charge is 0.157 e. The van der Waals surface area contributed by atoms with Crippen LogP contribution in [0.3, 0.4) is 0 Å². The quantitative estimate of drug-likeness (QED) is 0.0356. The van der Waals surface area contributed by atoms with Crippen molar-refractivity contribution in [3.63, 3.8) is 0 Å². The maximum Gasteiger partial charge on any atom is 0.157 e. The maximum absolute atomic E-state index is 6.21. The first kappa shape index (κ1) is 38.2. The highest BCUT2D eigenvalue weighted by Gasteiger charge is 2.44. The van der Waals surface area contributed by atoms with Gasteiger partial charge in [0.05, 0.1) is 6.16 Å². The second kappa shape index (κ2) is 24.9. The molecule has 0 atom stereocenters. The molecular weight excluding hydrogens is 579 g/mol. The number of ether oxygens (including phenoxy) is 2. The van der Waals surface area contributed by atoms with Crippen LogP contribution in [0.4, 0.5) is 0 Å². The normalized spacial score (nSPS) is 12.0. The van der Waals surface area contributed by atoms with E-state index in [4.69, 9.17) is 9.47 Å². The van der Waals surface area contributed by atoms with E-state index in [1.54, 1.807) is 0 Å². The molecule has 0 radical (unpaired) electrons. The Kier molecular flexibility index (Phi) is 20.6. The van der Waals surface area contributed by atoms with E-state index in [2.05, 4.69) is 117 Å². The van der Waals surface area contributed by atoms with Gasteiger partial charge < -0.3 is 9.47 Å². The first-order valence-electron chi connectivity index (χ1n) is 18.7. The van der Waals surface area contributed by atoms with Crippen LogP contribution >= 0.6 is 7.26 Å². The maximum atomic E-state index is 6.21. The zero-order valence-corrected chi connectivity index (χ0v) is 30.2. The van der Waals surface area contributed by atoms with Crippen LogP contribution in [0.25, 0.3) is 0 Å². The molecule has 46 heavy (non-hydrogen) atoms. The highest BCUT2D eigenvalue weighted by Crippen LogP contribution is 2.55. The summed E-state index contributed by atoms with van der Waals surface area (Å²) < 4.78 is 12.4. The minimum atomic E-state index is -1.72. The van der Waals surface area contributed by atoms with Crippen molar-refractivity contribution < 1.29 is 9.47 Å². The minimum absolute atomic E-state index is 0.0182. The summed E-state index contributed by atoms with van der Waals surface area (Å²) in [6.45, 7) is 6.23. The van der Waals surface area contributed by atoms with Gasteiger partial charge in [0.15, 0.2) is 6.29 Å².